The van der Waals surface area contributed by atoms with E-state index in [0.717, 1.165) is 5.92 Å². The maximum absolute atomic E-state index is 6.27. The second kappa shape index (κ2) is 7.41. The lowest BCUT2D eigenvalue weighted by Gasteiger charge is -2.33. The summed E-state index contributed by atoms with van der Waals surface area (Å²) in [6.45, 7) is 6.88. The SMILES string of the molecule is CCCC1CCCN(C(c2ccsc2)C(C)N)CC1. The van der Waals surface area contributed by atoms with Crippen molar-refractivity contribution in [1.29, 1.82) is 0 Å². The molecule has 3 atom stereocenters. The molecule has 0 aliphatic carbocycles. The molecule has 19 heavy (non-hydrogen) atoms. The molecule has 0 radical (unpaired) electrons. The van der Waals surface area contributed by atoms with Crippen molar-refractivity contribution in [3.63, 3.8) is 0 Å². The topological polar surface area (TPSA) is 29.3 Å². The van der Waals surface area contributed by atoms with Crippen molar-refractivity contribution in [2.75, 3.05) is 13.1 Å². The molecule has 0 aromatic carbocycles. The van der Waals surface area contributed by atoms with Gasteiger partial charge >= 0.3 is 0 Å². The highest BCUT2D eigenvalue weighted by molar-refractivity contribution is 7.07. The molecule has 0 spiro atoms. The van der Waals surface area contributed by atoms with Crippen molar-refractivity contribution >= 4 is 11.3 Å². The second-order valence-corrected chi connectivity index (χ2v) is 6.76. The summed E-state index contributed by atoms with van der Waals surface area (Å²) >= 11 is 1.78. The standard InChI is InChI=1S/C16H28N2S/c1-3-5-14-6-4-9-18(10-7-14)16(13(2)17)15-8-11-19-12-15/h8,11-14,16H,3-7,9-10,17H2,1-2H3. The van der Waals surface area contributed by atoms with Gasteiger partial charge in [-0.1, -0.05) is 19.8 Å². The van der Waals surface area contributed by atoms with Gasteiger partial charge in [0, 0.05) is 6.04 Å². The highest BCUT2D eigenvalue weighted by Gasteiger charge is 2.26. The predicted octanol–water partition coefficient (Wildman–Crippen LogP) is 4.04. The van der Waals surface area contributed by atoms with Crippen LogP contribution >= 0.6 is 11.3 Å². The smallest absolute Gasteiger partial charge is 0.0504 e. The van der Waals surface area contributed by atoms with Crippen molar-refractivity contribution in [3.8, 4) is 0 Å². The number of thiophene rings is 1. The van der Waals surface area contributed by atoms with E-state index in [1.165, 1.54) is 50.8 Å². The zero-order chi connectivity index (χ0) is 13.7. The van der Waals surface area contributed by atoms with Crippen molar-refractivity contribution in [2.45, 2.75) is 58.0 Å². The Morgan fingerprint density at radius 1 is 1.42 bits per heavy atom. The molecular formula is C16H28N2S. The molecule has 3 heteroatoms. The Morgan fingerprint density at radius 2 is 2.26 bits per heavy atom. The van der Waals surface area contributed by atoms with Crippen LogP contribution in [0.4, 0.5) is 0 Å². The molecule has 1 aromatic heterocycles. The summed E-state index contributed by atoms with van der Waals surface area (Å²) in [4.78, 5) is 2.63. The Hall–Kier alpha value is -0.380. The highest BCUT2D eigenvalue weighted by Crippen LogP contribution is 2.30. The first-order valence-corrected chi connectivity index (χ1v) is 8.68. The van der Waals surface area contributed by atoms with E-state index < -0.39 is 0 Å². The number of nitrogens with two attached hydrogens (primary N) is 1. The Bertz CT molecular complexity index is 348. The van der Waals surface area contributed by atoms with E-state index in [1.54, 1.807) is 11.3 Å². The van der Waals surface area contributed by atoms with E-state index in [-0.39, 0.29) is 6.04 Å². The first kappa shape index (κ1) is 15.0. The molecule has 2 heterocycles. The lowest BCUT2D eigenvalue weighted by Crippen LogP contribution is -2.40. The molecule has 1 aliphatic rings. The van der Waals surface area contributed by atoms with Gasteiger partial charge in [0.1, 0.15) is 0 Å². The van der Waals surface area contributed by atoms with Gasteiger partial charge in [-0.05, 0) is 67.6 Å². The van der Waals surface area contributed by atoms with Crippen LogP contribution in [0.3, 0.4) is 0 Å². The van der Waals surface area contributed by atoms with Crippen LogP contribution in [0, 0.1) is 5.92 Å². The summed E-state index contributed by atoms with van der Waals surface area (Å²) < 4.78 is 0. The first-order valence-electron chi connectivity index (χ1n) is 7.74. The highest BCUT2D eigenvalue weighted by atomic mass is 32.1. The van der Waals surface area contributed by atoms with Crippen LogP contribution in [-0.4, -0.2) is 24.0 Å². The molecule has 0 bridgehead atoms. The van der Waals surface area contributed by atoms with E-state index in [0.29, 0.717) is 6.04 Å². The number of hydrogen-bond donors (Lipinski definition) is 1. The van der Waals surface area contributed by atoms with E-state index in [4.69, 9.17) is 5.73 Å². The summed E-state index contributed by atoms with van der Waals surface area (Å²) in [6.07, 6.45) is 6.81. The van der Waals surface area contributed by atoms with Gasteiger partial charge in [0.05, 0.1) is 6.04 Å². The summed E-state index contributed by atoms with van der Waals surface area (Å²) in [6, 6.07) is 2.86. The fraction of sp³-hybridized carbons (Fsp3) is 0.750. The van der Waals surface area contributed by atoms with Gasteiger partial charge in [-0.2, -0.15) is 11.3 Å². The van der Waals surface area contributed by atoms with E-state index >= 15 is 0 Å². The van der Waals surface area contributed by atoms with Gasteiger partial charge in [0.15, 0.2) is 0 Å². The van der Waals surface area contributed by atoms with Crippen LogP contribution in [0.1, 0.15) is 57.6 Å². The summed E-state index contributed by atoms with van der Waals surface area (Å²) in [7, 11) is 0. The van der Waals surface area contributed by atoms with Crippen LogP contribution in [0.15, 0.2) is 16.8 Å². The third-order valence-electron chi connectivity index (χ3n) is 4.36. The molecule has 1 fully saturated rings. The van der Waals surface area contributed by atoms with E-state index in [2.05, 4.69) is 35.6 Å². The van der Waals surface area contributed by atoms with Gasteiger partial charge in [-0.15, -0.1) is 0 Å². The minimum Gasteiger partial charge on any atom is -0.326 e. The lowest BCUT2D eigenvalue weighted by molar-refractivity contribution is 0.181. The fourth-order valence-corrected chi connectivity index (χ4v) is 4.14. The number of hydrogen-bond acceptors (Lipinski definition) is 3. The molecular weight excluding hydrogens is 252 g/mol. The minimum atomic E-state index is 0.206. The van der Waals surface area contributed by atoms with Gasteiger partial charge in [-0.3, -0.25) is 4.90 Å². The lowest BCUT2D eigenvalue weighted by atomic mass is 9.96. The quantitative estimate of drug-likeness (QED) is 0.882. The maximum atomic E-state index is 6.27. The molecule has 2 N–H and O–H groups in total. The molecule has 108 valence electrons. The van der Waals surface area contributed by atoms with Crippen molar-refractivity contribution in [3.05, 3.63) is 22.4 Å². The molecule has 1 aliphatic heterocycles. The molecule has 1 saturated heterocycles. The molecule has 3 unspecified atom stereocenters. The van der Waals surface area contributed by atoms with Crippen molar-refractivity contribution in [2.24, 2.45) is 11.7 Å². The van der Waals surface area contributed by atoms with Crippen LogP contribution in [0.5, 0.6) is 0 Å². The predicted molar refractivity (Wildman–Crippen MR) is 84.5 cm³/mol. The minimum absolute atomic E-state index is 0.206. The third-order valence-corrected chi connectivity index (χ3v) is 5.06. The average molecular weight is 280 g/mol. The van der Waals surface area contributed by atoms with Crippen LogP contribution < -0.4 is 5.73 Å². The largest absolute Gasteiger partial charge is 0.326 e. The molecule has 0 amide bonds. The van der Waals surface area contributed by atoms with E-state index in [1.807, 2.05) is 0 Å². The van der Waals surface area contributed by atoms with Gasteiger partial charge in [0.2, 0.25) is 0 Å². The molecule has 0 saturated carbocycles. The Labute approximate surface area is 122 Å². The fourth-order valence-electron chi connectivity index (χ4n) is 3.45. The average Bonchev–Trinajstić information content (AvgIpc) is 2.79. The number of likely N-dealkylation sites (tertiary alicyclic amines) is 1. The molecule has 2 rings (SSSR count). The van der Waals surface area contributed by atoms with Crippen molar-refractivity contribution < 1.29 is 0 Å². The number of nitrogens with zero attached hydrogens (tertiary/aromatic N) is 1. The number of rotatable bonds is 5. The van der Waals surface area contributed by atoms with Crippen molar-refractivity contribution in [1.82, 2.24) is 4.90 Å². The zero-order valence-corrected chi connectivity index (χ0v) is 13.2. The summed E-state index contributed by atoms with van der Waals surface area (Å²) in [5.41, 5.74) is 7.68. The Kier molecular flexibility index (Phi) is 5.86. The van der Waals surface area contributed by atoms with Gasteiger partial charge < -0.3 is 5.73 Å². The van der Waals surface area contributed by atoms with Gasteiger partial charge in [0.25, 0.3) is 0 Å². The Balaban J connectivity index is 2.02. The second-order valence-electron chi connectivity index (χ2n) is 5.98. The van der Waals surface area contributed by atoms with E-state index in [9.17, 15) is 0 Å². The monoisotopic (exact) mass is 280 g/mol. The third kappa shape index (κ3) is 4.04. The summed E-state index contributed by atoms with van der Waals surface area (Å²) in [5.74, 6) is 0.936. The molecule has 1 aromatic rings. The maximum Gasteiger partial charge on any atom is 0.0504 e. The van der Waals surface area contributed by atoms with Crippen LogP contribution in [0.2, 0.25) is 0 Å². The van der Waals surface area contributed by atoms with Crippen LogP contribution in [0.25, 0.3) is 0 Å². The van der Waals surface area contributed by atoms with Gasteiger partial charge in [-0.25, -0.2) is 0 Å². The Morgan fingerprint density at radius 3 is 2.89 bits per heavy atom. The normalized spacial score (nSPS) is 24.9. The molecule has 2 nitrogen and oxygen atoms in total. The summed E-state index contributed by atoms with van der Waals surface area (Å²) in [5, 5.41) is 4.44. The zero-order valence-electron chi connectivity index (χ0n) is 12.3. The first-order chi connectivity index (χ1) is 9.22. The van der Waals surface area contributed by atoms with Crippen LogP contribution in [-0.2, 0) is 0 Å².